The van der Waals surface area contributed by atoms with E-state index in [2.05, 4.69) is 22.8 Å². The highest BCUT2D eigenvalue weighted by Crippen LogP contribution is 2.32. The quantitative estimate of drug-likeness (QED) is 0.869. The summed E-state index contributed by atoms with van der Waals surface area (Å²) in [6, 6.07) is 13.0. The lowest BCUT2D eigenvalue weighted by Gasteiger charge is -2.21. The molecule has 0 amide bonds. The molecule has 0 fully saturated rings. The Bertz CT molecular complexity index is 595. The maximum Gasteiger partial charge on any atom is 0.147 e. The van der Waals surface area contributed by atoms with Crippen LogP contribution in [0.2, 0.25) is 5.02 Å². The van der Waals surface area contributed by atoms with Crippen molar-refractivity contribution in [3.63, 3.8) is 0 Å². The highest BCUT2D eigenvalue weighted by atomic mass is 35.5. The van der Waals surface area contributed by atoms with Crippen LogP contribution >= 0.6 is 11.6 Å². The molecule has 2 aromatic carbocycles. The zero-order valence-electron chi connectivity index (χ0n) is 11.0. The molecule has 1 aliphatic rings. The van der Waals surface area contributed by atoms with Crippen LogP contribution in [0.1, 0.15) is 23.6 Å². The molecule has 4 heteroatoms. The summed E-state index contributed by atoms with van der Waals surface area (Å²) in [5.41, 5.74) is 2.84. The predicted octanol–water partition coefficient (Wildman–Crippen LogP) is 4.13. The van der Waals surface area contributed by atoms with E-state index < -0.39 is 0 Å². The summed E-state index contributed by atoms with van der Waals surface area (Å²) in [5, 5.41) is 7.06. The molecular weight excluding hydrogens is 275 g/mol. The highest BCUT2D eigenvalue weighted by molar-refractivity contribution is 6.33. The Morgan fingerprint density at radius 2 is 2.00 bits per heavy atom. The molecule has 0 bridgehead atoms. The molecule has 1 aliphatic heterocycles. The molecule has 0 aliphatic carbocycles. The maximum absolute atomic E-state index is 13.9. The van der Waals surface area contributed by atoms with E-state index in [1.807, 2.05) is 12.1 Å². The number of nitrogens with one attached hydrogen (secondary N) is 2. The Labute approximate surface area is 123 Å². The van der Waals surface area contributed by atoms with Gasteiger partial charge < -0.3 is 10.6 Å². The zero-order chi connectivity index (χ0) is 13.9. The van der Waals surface area contributed by atoms with E-state index in [0.29, 0.717) is 10.7 Å². The third kappa shape index (κ3) is 2.65. The van der Waals surface area contributed by atoms with E-state index in [0.717, 1.165) is 19.5 Å². The van der Waals surface area contributed by atoms with Gasteiger partial charge in [-0.2, -0.15) is 0 Å². The monoisotopic (exact) mass is 290 g/mol. The van der Waals surface area contributed by atoms with Crippen molar-refractivity contribution in [3.05, 3.63) is 64.4 Å². The maximum atomic E-state index is 13.9. The van der Waals surface area contributed by atoms with E-state index in [1.54, 1.807) is 12.1 Å². The van der Waals surface area contributed by atoms with Gasteiger partial charge >= 0.3 is 0 Å². The fraction of sp³-hybridized carbons (Fsp3) is 0.250. The van der Waals surface area contributed by atoms with Gasteiger partial charge in [0.25, 0.3) is 0 Å². The van der Waals surface area contributed by atoms with Gasteiger partial charge in [0.15, 0.2) is 0 Å². The fourth-order valence-electron chi connectivity index (χ4n) is 2.62. The van der Waals surface area contributed by atoms with E-state index in [9.17, 15) is 4.39 Å². The van der Waals surface area contributed by atoms with E-state index in [1.165, 1.54) is 17.2 Å². The number of halogens is 2. The van der Waals surface area contributed by atoms with Crippen LogP contribution in [0.25, 0.3) is 0 Å². The Morgan fingerprint density at radius 1 is 1.15 bits per heavy atom. The molecule has 0 saturated heterocycles. The van der Waals surface area contributed by atoms with Gasteiger partial charge in [-0.3, -0.25) is 0 Å². The van der Waals surface area contributed by atoms with Crippen molar-refractivity contribution in [1.29, 1.82) is 0 Å². The van der Waals surface area contributed by atoms with Crippen LogP contribution in [0.15, 0.2) is 42.5 Å². The molecule has 0 radical (unpaired) electrons. The SMILES string of the molecule is Fc1cccc(Cl)c1NC1CCNCc2ccccc21. The largest absolute Gasteiger partial charge is 0.375 e. The first-order valence-electron chi connectivity index (χ1n) is 6.75. The summed E-state index contributed by atoms with van der Waals surface area (Å²) in [5.74, 6) is -0.313. The number of hydrogen-bond donors (Lipinski definition) is 2. The molecule has 1 heterocycles. The number of benzene rings is 2. The second-order valence-corrected chi connectivity index (χ2v) is 5.37. The second kappa shape index (κ2) is 5.81. The van der Waals surface area contributed by atoms with Gasteiger partial charge in [-0.25, -0.2) is 4.39 Å². The molecule has 1 unspecified atom stereocenters. The van der Waals surface area contributed by atoms with Gasteiger partial charge in [0.1, 0.15) is 5.82 Å². The molecular formula is C16H16ClFN2. The lowest BCUT2D eigenvalue weighted by atomic mass is 9.99. The minimum Gasteiger partial charge on any atom is -0.375 e. The first-order valence-corrected chi connectivity index (χ1v) is 7.12. The van der Waals surface area contributed by atoms with Crippen molar-refractivity contribution in [1.82, 2.24) is 5.32 Å². The zero-order valence-corrected chi connectivity index (χ0v) is 11.8. The van der Waals surface area contributed by atoms with Crippen LogP contribution in [0.5, 0.6) is 0 Å². The highest BCUT2D eigenvalue weighted by Gasteiger charge is 2.20. The molecule has 1 atom stereocenters. The molecule has 104 valence electrons. The summed E-state index contributed by atoms with van der Waals surface area (Å²) >= 11 is 6.10. The first-order chi connectivity index (χ1) is 9.75. The van der Waals surface area contributed by atoms with Crippen molar-refractivity contribution in [2.45, 2.75) is 19.0 Å². The number of hydrogen-bond acceptors (Lipinski definition) is 2. The smallest absolute Gasteiger partial charge is 0.147 e. The lowest BCUT2D eigenvalue weighted by molar-refractivity contribution is 0.612. The van der Waals surface area contributed by atoms with Crippen LogP contribution in [0.4, 0.5) is 10.1 Å². The Hall–Kier alpha value is -1.58. The first kappa shape index (κ1) is 13.4. The van der Waals surface area contributed by atoms with E-state index in [-0.39, 0.29) is 11.9 Å². The number of para-hydroxylation sites is 1. The predicted molar refractivity (Wildman–Crippen MR) is 80.5 cm³/mol. The molecule has 0 spiro atoms. The summed E-state index contributed by atoms with van der Waals surface area (Å²) in [4.78, 5) is 0. The average Bonchev–Trinajstić information content (AvgIpc) is 2.66. The van der Waals surface area contributed by atoms with Gasteiger partial charge in [-0.1, -0.05) is 41.9 Å². The van der Waals surface area contributed by atoms with Gasteiger partial charge in [-0.05, 0) is 36.2 Å². The van der Waals surface area contributed by atoms with Gasteiger partial charge in [0.05, 0.1) is 16.8 Å². The van der Waals surface area contributed by atoms with Gasteiger partial charge in [-0.15, -0.1) is 0 Å². The average molecular weight is 291 g/mol. The standard InChI is InChI=1S/C16H16ClFN2/c17-13-6-3-7-14(18)16(13)20-15-8-9-19-10-11-4-1-2-5-12(11)15/h1-7,15,19-20H,8-10H2. The molecule has 3 rings (SSSR count). The molecule has 2 N–H and O–H groups in total. The molecule has 2 nitrogen and oxygen atoms in total. The van der Waals surface area contributed by atoms with Crippen LogP contribution in [-0.2, 0) is 6.54 Å². The summed E-state index contributed by atoms with van der Waals surface area (Å²) in [6.07, 6.45) is 0.891. The van der Waals surface area contributed by atoms with Crippen molar-refractivity contribution in [2.75, 3.05) is 11.9 Å². The number of rotatable bonds is 2. The third-order valence-electron chi connectivity index (χ3n) is 3.64. The summed E-state index contributed by atoms with van der Waals surface area (Å²) < 4.78 is 13.9. The van der Waals surface area contributed by atoms with Crippen molar-refractivity contribution in [2.24, 2.45) is 0 Å². The van der Waals surface area contributed by atoms with Crippen LogP contribution in [0.3, 0.4) is 0 Å². The van der Waals surface area contributed by atoms with E-state index in [4.69, 9.17) is 11.6 Å². The minimum absolute atomic E-state index is 0.0654. The summed E-state index contributed by atoms with van der Waals surface area (Å²) in [7, 11) is 0. The van der Waals surface area contributed by atoms with Crippen LogP contribution < -0.4 is 10.6 Å². The van der Waals surface area contributed by atoms with Gasteiger partial charge in [0, 0.05) is 6.54 Å². The van der Waals surface area contributed by atoms with Crippen molar-refractivity contribution >= 4 is 17.3 Å². The van der Waals surface area contributed by atoms with Crippen molar-refractivity contribution in [3.8, 4) is 0 Å². The Balaban J connectivity index is 1.94. The summed E-state index contributed by atoms with van der Waals surface area (Å²) in [6.45, 7) is 1.73. The van der Waals surface area contributed by atoms with Crippen LogP contribution in [-0.4, -0.2) is 6.54 Å². The topological polar surface area (TPSA) is 24.1 Å². The minimum atomic E-state index is -0.313. The van der Waals surface area contributed by atoms with Gasteiger partial charge in [0.2, 0.25) is 0 Å². The molecule has 0 aromatic heterocycles. The normalized spacial score (nSPS) is 18.2. The van der Waals surface area contributed by atoms with Crippen LogP contribution in [0, 0.1) is 5.82 Å². The molecule has 2 aromatic rings. The Kier molecular flexibility index (Phi) is 3.90. The fourth-order valence-corrected chi connectivity index (χ4v) is 2.84. The van der Waals surface area contributed by atoms with Crippen molar-refractivity contribution < 1.29 is 4.39 Å². The lowest BCUT2D eigenvalue weighted by Crippen LogP contribution is -2.16. The number of fused-ring (bicyclic) bond motifs is 1. The second-order valence-electron chi connectivity index (χ2n) is 4.96. The Morgan fingerprint density at radius 3 is 2.85 bits per heavy atom. The molecule has 20 heavy (non-hydrogen) atoms. The molecule has 0 saturated carbocycles. The third-order valence-corrected chi connectivity index (χ3v) is 3.95. The van der Waals surface area contributed by atoms with E-state index >= 15 is 0 Å². The number of anilines is 1.